The average molecular weight is 321 g/mol. The highest BCUT2D eigenvalue weighted by Crippen LogP contribution is 2.26. The number of aromatic nitrogens is 5. The van der Waals surface area contributed by atoms with Gasteiger partial charge in [-0.25, -0.2) is 0 Å². The summed E-state index contributed by atoms with van der Waals surface area (Å²) in [6.07, 6.45) is 3.35. The molecule has 3 aromatic rings. The van der Waals surface area contributed by atoms with E-state index in [1.165, 1.54) is 0 Å². The first-order valence-corrected chi connectivity index (χ1v) is 7.41. The van der Waals surface area contributed by atoms with Crippen LogP contribution in [0.3, 0.4) is 0 Å². The molecule has 1 atom stereocenters. The van der Waals surface area contributed by atoms with Crippen molar-refractivity contribution in [1.82, 2.24) is 25.3 Å². The minimum Gasteiger partial charge on any atom is -0.357 e. The molecule has 0 saturated heterocycles. The van der Waals surface area contributed by atoms with Crippen LogP contribution in [-0.4, -0.2) is 25.3 Å². The van der Waals surface area contributed by atoms with Crippen molar-refractivity contribution < 1.29 is 4.52 Å². The Balaban J connectivity index is 1.83. The van der Waals surface area contributed by atoms with Gasteiger partial charge in [-0.15, -0.1) is 10.2 Å². The molecule has 0 fully saturated rings. The first kappa shape index (κ1) is 15.6. The third-order valence-electron chi connectivity index (χ3n) is 3.40. The van der Waals surface area contributed by atoms with Gasteiger partial charge in [-0.3, -0.25) is 4.98 Å². The molecule has 24 heavy (non-hydrogen) atoms. The molecule has 0 bridgehead atoms. The van der Waals surface area contributed by atoms with E-state index in [0.717, 1.165) is 5.56 Å². The Hall–Kier alpha value is -3.34. The molecule has 0 saturated carbocycles. The molecule has 0 aliphatic carbocycles. The van der Waals surface area contributed by atoms with Crippen LogP contribution in [-0.2, 0) is 0 Å². The second kappa shape index (κ2) is 6.83. The maximum Gasteiger partial charge on any atom is 0.249 e. The summed E-state index contributed by atoms with van der Waals surface area (Å²) in [4.78, 5) is 8.44. The highest BCUT2D eigenvalue weighted by molar-refractivity contribution is 5.52. The molecule has 0 radical (unpaired) electrons. The van der Waals surface area contributed by atoms with Gasteiger partial charge < -0.3 is 9.84 Å². The molecule has 0 aliphatic heterocycles. The molecule has 8 heteroatoms. The maximum atomic E-state index is 8.78. The molecule has 3 heterocycles. The van der Waals surface area contributed by atoms with Crippen molar-refractivity contribution in [2.75, 3.05) is 5.32 Å². The topological polar surface area (TPSA) is 113 Å². The minimum absolute atomic E-state index is 0.174. The second-order valence-corrected chi connectivity index (χ2v) is 5.47. The van der Waals surface area contributed by atoms with Gasteiger partial charge in [-0.05, 0) is 30.2 Å². The van der Waals surface area contributed by atoms with Gasteiger partial charge in [0, 0.05) is 18.0 Å². The lowest BCUT2D eigenvalue weighted by Gasteiger charge is -2.18. The molecule has 0 aliphatic rings. The van der Waals surface area contributed by atoms with Gasteiger partial charge in [0.1, 0.15) is 17.9 Å². The van der Waals surface area contributed by atoms with E-state index < -0.39 is 0 Å². The van der Waals surface area contributed by atoms with Crippen LogP contribution in [0, 0.1) is 17.2 Å². The van der Waals surface area contributed by atoms with E-state index in [-0.39, 0.29) is 17.7 Å². The lowest BCUT2D eigenvalue weighted by molar-refractivity contribution is 0.335. The normalized spacial score (nSPS) is 11.9. The van der Waals surface area contributed by atoms with Gasteiger partial charge in [0.05, 0.1) is 0 Å². The number of nitrogens with one attached hydrogen (secondary N) is 1. The van der Waals surface area contributed by atoms with Gasteiger partial charge in [-0.2, -0.15) is 10.2 Å². The number of hydrogen-bond donors (Lipinski definition) is 1. The van der Waals surface area contributed by atoms with Crippen molar-refractivity contribution in [1.29, 1.82) is 5.26 Å². The van der Waals surface area contributed by atoms with Crippen molar-refractivity contribution in [3.05, 3.63) is 48.2 Å². The van der Waals surface area contributed by atoms with Crippen LogP contribution in [0.2, 0.25) is 0 Å². The first-order valence-electron chi connectivity index (χ1n) is 7.41. The SMILES string of the molecule is CC(C)C(Nc1ccc(C#N)nn1)c1nc(-c2ccncc2)no1. The Bertz CT molecular complexity index is 837. The lowest BCUT2D eigenvalue weighted by atomic mass is 10.0. The van der Waals surface area contributed by atoms with Crippen LogP contribution in [0.4, 0.5) is 5.82 Å². The fourth-order valence-electron chi connectivity index (χ4n) is 2.12. The smallest absolute Gasteiger partial charge is 0.249 e. The van der Waals surface area contributed by atoms with Crippen molar-refractivity contribution in [3.8, 4) is 17.5 Å². The van der Waals surface area contributed by atoms with E-state index in [9.17, 15) is 0 Å². The van der Waals surface area contributed by atoms with E-state index in [4.69, 9.17) is 9.78 Å². The van der Waals surface area contributed by atoms with Crippen LogP contribution in [0.5, 0.6) is 0 Å². The third-order valence-corrected chi connectivity index (χ3v) is 3.40. The molecule has 1 unspecified atom stereocenters. The standard InChI is InChI=1S/C16H15N7O/c1-10(2)14(19-13-4-3-12(9-17)21-22-13)16-20-15(23-24-16)11-5-7-18-8-6-11/h3-8,10,14H,1-2H3,(H,19,22). The molecule has 3 rings (SSSR count). The Labute approximate surface area is 138 Å². The molecular weight excluding hydrogens is 306 g/mol. The predicted octanol–water partition coefficient (Wildman–Crippen LogP) is 2.60. The third kappa shape index (κ3) is 3.35. The summed E-state index contributed by atoms with van der Waals surface area (Å²) in [5.74, 6) is 1.68. The Morgan fingerprint density at radius 3 is 2.54 bits per heavy atom. The number of rotatable bonds is 5. The van der Waals surface area contributed by atoms with E-state index in [1.54, 1.807) is 24.5 Å². The lowest BCUT2D eigenvalue weighted by Crippen LogP contribution is -2.18. The summed E-state index contributed by atoms with van der Waals surface area (Å²) in [5, 5.41) is 23.8. The molecular formula is C16H15N7O. The van der Waals surface area contributed by atoms with Crippen molar-refractivity contribution >= 4 is 5.82 Å². The maximum absolute atomic E-state index is 8.78. The number of nitrogens with zero attached hydrogens (tertiary/aromatic N) is 6. The largest absolute Gasteiger partial charge is 0.357 e. The first-order chi connectivity index (χ1) is 11.7. The van der Waals surface area contributed by atoms with Crippen LogP contribution < -0.4 is 5.32 Å². The molecule has 8 nitrogen and oxygen atoms in total. The summed E-state index contributed by atoms with van der Waals surface area (Å²) < 4.78 is 5.42. The van der Waals surface area contributed by atoms with Gasteiger partial charge in [0.15, 0.2) is 5.69 Å². The van der Waals surface area contributed by atoms with Crippen molar-refractivity contribution in [2.24, 2.45) is 5.92 Å². The molecule has 120 valence electrons. The number of pyridine rings is 1. The van der Waals surface area contributed by atoms with Crippen molar-refractivity contribution in [3.63, 3.8) is 0 Å². The van der Waals surface area contributed by atoms with Crippen LogP contribution in [0.15, 0.2) is 41.2 Å². The summed E-state index contributed by atoms with van der Waals surface area (Å²) in [6, 6.07) is 8.64. The molecule has 0 aromatic carbocycles. The van der Waals surface area contributed by atoms with Crippen LogP contribution >= 0.6 is 0 Å². The molecule has 1 N–H and O–H groups in total. The number of nitriles is 1. The zero-order valence-corrected chi connectivity index (χ0v) is 13.2. The molecule has 0 spiro atoms. The highest BCUT2D eigenvalue weighted by atomic mass is 16.5. The Morgan fingerprint density at radius 2 is 1.92 bits per heavy atom. The van der Waals surface area contributed by atoms with E-state index in [1.807, 2.05) is 32.0 Å². The predicted molar refractivity (Wildman–Crippen MR) is 85.5 cm³/mol. The van der Waals surface area contributed by atoms with Gasteiger partial charge in [-0.1, -0.05) is 19.0 Å². The zero-order valence-electron chi connectivity index (χ0n) is 13.2. The monoisotopic (exact) mass is 321 g/mol. The zero-order chi connectivity index (χ0) is 16.9. The van der Waals surface area contributed by atoms with E-state index in [0.29, 0.717) is 17.5 Å². The number of anilines is 1. The summed E-state index contributed by atoms with van der Waals surface area (Å²) in [7, 11) is 0. The fourth-order valence-corrected chi connectivity index (χ4v) is 2.12. The minimum atomic E-state index is -0.227. The second-order valence-electron chi connectivity index (χ2n) is 5.47. The average Bonchev–Trinajstić information content (AvgIpc) is 3.10. The van der Waals surface area contributed by atoms with E-state index >= 15 is 0 Å². The van der Waals surface area contributed by atoms with Gasteiger partial charge in [0.2, 0.25) is 11.7 Å². The summed E-state index contributed by atoms with van der Waals surface area (Å²) in [5.41, 5.74) is 1.10. The summed E-state index contributed by atoms with van der Waals surface area (Å²) in [6.45, 7) is 4.07. The molecule has 0 amide bonds. The quantitative estimate of drug-likeness (QED) is 0.762. The van der Waals surface area contributed by atoms with E-state index in [2.05, 4.69) is 30.6 Å². The van der Waals surface area contributed by atoms with Gasteiger partial charge in [0.25, 0.3) is 0 Å². The van der Waals surface area contributed by atoms with Crippen LogP contribution in [0.1, 0.15) is 31.5 Å². The number of hydrogen-bond acceptors (Lipinski definition) is 8. The molecule has 3 aromatic heterocycles. The summed E-state index contributed by atoms with van der Waals surface area (Å²) >= 11 is 0. The fraction of sp³-hybridized carbons (Fsp3) is 0.250. The van der Waals surface area contributed by atoms with Crippen LogP contribution in [0.25, 0.3) is 11.4 Å². The Kier molecular flexibility index (Phi) is 4.43. The van der Waals surface area contributed by atoms with Crippen molar-refractivity contribution in [2.45, 2.75) is 19.9 Å². The highest BCUT2D eigenvalue weighted by Gasteiger charge is 2.23. The Morgan fingerprint density at radius 1 is 1.12 bits per heavy atom. The van der Waals surface area contributed by atoms with Gasteiger partial charge >= 0.3 is 0 Å².